The van der Waals surface area contributed by atoms with Gasteiger partial charge in [-0.1, -0.05) is 12.1 Å². The first-order valence-electron chi connectivity index (χ1n) is 8.25. The van der Waals surface area contributed by atoms with Crippen LogP contribution in [0.1, 0.15) is 44.6 Å². The van der Waals surface area contributed by atoms with Gasteiger partial charge in [-0.15, -0.1) is 0 Å². The van der Waals surface area contributed by atoms with Gasteiger partial charge < -0.3 is 9.31 Å². The molecule has 2 heterocycles. The first-order chi connectivity index (χ1) is 11.1. The monoisotopic (exact) mass is 330 g/mol. The Morgan fingerprint density at radius 3 is 2.33 bits per heavy atom. The third-order valence-electron chi connectivity index (χ3n) is 5.15. The smallest absolute Gasteiger partial charge is 0.399 e. The maximum atomic E-state index is 13.4. The van der Waals surface area contributed by atoms with Gasteiger partial charge in [0.25, 0.3) is 0 Å². The summed E-state index contributed by atoms with van der Waals surface area (Å²) < 4.78 is 27.6. The molecule has 1 aromatic carbocycles. The van der Waals surface area contributed by atoms with Crippen molar-refractivity contribution in [2.45, 2.75) is 59.3 Å². The van der Waals surface area contributed by atoms with Crippen LogP contribution in [0.15, 0.2) is 24.3 Å². The van der Waals surface area contributed by atoms with E-state index in [1.165, 1.54) is 12.1 Å². The van der Waals surface area contributed by atoms with E-state index in [-0.39, 0.29) is 17.0 Å². The molecule has 0 atom stereocenters. The molecule has 4 nitrogen and oxygen atoms in total. The summed E-state index contributed by atoms with van der Waals surface area (Å²) in [5, 5.41) is 4.61. The SMILES string of the molecule is Cc1nn(Cc2cccc(F)c2)c(C)c1B1OC(C)(C)C(C)(C)O1. The van der Waals surface area contributed by atoms with E-state index in [0.717, 1.165) is 22.4 Å². The van der Waals surface area contributed by atoms with Crippen LogP contribution >= 0.6 is 0 Å². The van der Waals surface area contributed by atoms with Crippen molar-refractivity contribution < 1.29 is 13.7 Å². The van der Waals surface area contributed by atoms with Crippen molar-refractivity contribution in [3.8, 4) is 0 Å². The van der Waals surface area contributed by atoms with Crippen LogP contribution in [0.4, 0.5) is 4.39 Å². The zero-order valence-corrected chi connectivity index (χ0v) is 15.2. The van der Waals surface area contributed by atoms with Crippen LogP contribution in [0.3, 0.4) is 0 Å². The molecule has 0 N–H and O–H groups in total. The maximum absolute atomic E-state index is 13.4. The Morgan fingerprint density at radius 1 is 1.12 bits per heavy atom. The molecule has 0 radical (unpaired) electrons. The van der Waals surface area contributed by atoms with Crippen molar-refractivity contribution in [3.05, 3.63) is 47.0 Å². The molecule has 128 valence electrons. The number of rotatable bonds is 3. The minimum absolute atomic E-state index is 0.236. The molecule has 3 rings (SSSR count). The van der Waals surface area contributed by atoms with Gasteiger partial charge in [0.2, 0.25) is 0 Å². The summed E-state index contributed by atoms with van der Waals surface area (Å²) in [6.07, 6.45) is 0. The molecule has 0 spiro atoms. The normalized spacial score (nSPS) is 19.0. The number of hydrogen-bond acceptors (Lipinski definition) is 3. The molecule has 2 aromatic rings. The molecule has 24 heavy (non-hydrogen) atoms. The minimum Gasteiger partial charge on any atom is -0.399 e. The summed E-state index contributed by atoms with van der Waals surface area (Å²) in [5.41, 5.74) is 2.92. The Hall–Kier alpha value is -1.66. The lowest BCUT2D eigenvalue weighted by atomic mass is 9.77. The lowest BCUT2D eigenvalue weighted by Crippen LogP contribution is -2.41. The van der Waals surface area contributed by atoms with Gasteiger partial charge in [0.05, 0.1) is 23.4 Å². The Kier molecular flexibility index (Phi) is 4.08. The highest BCUT2D eigenvalue weighted by atomic mass is 19.1. The van der Waals surface area contributed by atoms with Crippen LogP contribution in [-0.2, 0) is 15.9 Å². The fourth-order valence-corrected chi connectivity index (χ4v) is 2.97. The number of aryl methyl sites for hydroxylation is 1. The van der Waals surface area contributed by atoms with Crippen molar-refractivity contribution in [2.75, 3.05) is 0 Å². The first-order valence-corrected chi connectivity index (χ1v) is 8.25. The van der Waals surface area contributed by atoms with Gasteiger partial charge in [0.1, 0.15) is 5.82 Å². The van der Waals surface area contributed by atoms with E-state index >= 15 is 0 Å². The zero-order chi connectivity index (χ0) is 17.7. The molecule has 0 unspecified atom stereocenters. The standard InChI is InChI=1S/C18H24BFN2O2/c1-12-16(19-23-17(3,4)18(5,6)24-19)13(2)22(21-12)11-14-8-7-9-15(20)10-14/h7-10H,11H2,1-6H3. The van der Waals surface area contributed by atoms with Gasteiger partial charge in [-0.25, -0.2) is 4.39 Å². The molecule has 0 aliphatic carbocycles. The van der Waals surface area contributed by atoms with E-state index in [2.05, 4.69) is 5.10 Å². The van der Waals surface area contributed by atoms with E-state index in [4.69, 9.17) is 9.31 Å². The van der Waals surface area contributed by atoms with Gasteiger partial charge in [0.15, 0.2) is 0 Å². The van der Waals surface area contributed by atoms with E-state index in [1.807, 2.05) is 52.3 Å². The predicted molar refractivity (Wildman–Crippen MR) is 92.9 cm³/mol. The fraction of sp³-hybridized carbons (Fsp3) is 0.500. The van der Waals surface area contributed by atoms with E-state index in [0.29, 0.717) is 6.54 Å². The van der Waals surface area contributed by atoms with Crippen LogP contribution in [0.25, 0.3) is 0 Å². The van der Waals surface area contributed by atoms with E-state index in [1.54, 1.807) is 6.07 Å². The van der Waals surface area contributed by atoms with Crippen molar-refractivity contribution in [2.24, 2.45) is 0 Å². The number of nitrogens with zero attached hydrogens (tertiary/aromatic N) is 2. The van der Waals surface area contributed by atoms with Crippen LogP contribution in [0.2, 0.25) is 0 Å². The topological polar surface area (TPSA) is 36.3 Å². The van der Waals surface area contributed by atoms with Gasteiger partial charge >= 0.3 is 7.12 Å². The molecule has 1 aromatic heterocycles. The van der Waals surface area contributed by atoms with Crippen LogP contribution in [0.5, 0.6) is 0 Å². The fourth-order valence-electron chi connectivity index (χ4n) is 2.97. The molecule has 1 fully saturated rings. The highest BCUT2D eigenvalue weighted by Crippen LogP contribution is 2.36. The molecular formula is C18H24BFN2O2. The lowest BCUT2D eigenvalue weighted by molar-refractivity contribution is 0.00578. The summed E-state index contributed by atoms with van der Waals surface area (Å²) in [4.78, 5) is 0. The maximum Gasteiger partial charge on any atom is 0.498 e. The van der Waals surface area contributed by atoms with Gasteiger partial charge in [-0.3, -0.25) is 4.68 Å². The second-order valence-corrected chi connectivity index (χ2v) is 7.46. The summed E-state index contributed by atoms with van der Waals surface area (Å²) in [6.45, 7) is 12.6. The summed E-state index contributed by atoms with van der Waals surface area (Å²) in [5.74, 6) is -0.236. The van der Waals surface area contributed by atoms with Crippen molar-refractivity contribution in [3.63, 3.8) is 0 Å². The predicted octanol–water partition coefficient (Wildman–Crippen LogP) is 2.99. The zero-order valence-electron chi connectivity index (χ0n) is 15.2. The Bertz CT molecular complexity index is 754. The number of benzene rings is 1. The molecule has 1 aliphatic rings. The highest BCUT2D eigenvalue weighted by Gasteiger charge is 2.53. The highest BCUT2D eigenvalue weighted by molar-refractivity contribution is 6.63. The largest absolute Gasteiger partial charge is 0.498 e. The van der Waals surface area contributed by atoms with Gasteiger partial charge in [-0.2, -0.15) is 5.10 Å². The Balaban J connectivity index is 1.91. The van der Waals surface area contributed by atoms with E-state index in [9.17, 15) is 4.39 Å². The van der Waals surface area contributed by atoms with Crippen molar-refractivity contribution in [1.29, 1.82) is 0 Å². The van der Waals surface area contributed by atoms with Crippen LogP contribution in [-0.4, -0.2) is 28.1 Å². The molecule has 0 amide bonds. The third-order valence-corrected chi connectivity index (χ3v) is 5.15. The quantitative estimate of drug-likeness (QED) is 0.812. The van der Waals surface area contributed by atoms with Gasteiger partial charge in [0, 0.05) is 11.2 Å². The average molecular weight is 330 g/mol. The third kappa shape index (κ3) is 2.89. The van der Waals surface area contributed by atoms with Crippen LogP contribution < -0.4 is 5.46 Å². The van der Waals surface area contributed by atoms with Crippen molar-refractivity contribution in [1.82, 2.24) is 9.78 Å². The second kappa shape index (κ2) is 5.71. The minimum atomic E-state index is -0.434. The lowest BCUT2D eigenvalue weighted by Gasteiger charge is -2.32. The molecule has 1 aliphatic heterocycles. The summed E-state index contributed by atoms with van der Waals surface area (Å²) in [6, 6.07) is 6.59. The van der Waals surface area contributed by atoms with Gasteiger partial charge in [-0.05, 0) is 59.2 Å². The first kappa shape index (κ1) is 17.2. The molecular weight excluding hydrogens is 306 g/mol. The number of aromatic nitrogens is 2. The molecule has 1 saturated heterocycles. The molecule has 6 heteroatoms. The molecule has 0 bridgehead atoms. The Labute approximate surface area is 143 Å². The van der Waals surface area contributed by atoms with Crippen LogP contribution in [0, 0.1) is 19.7 Å². The van der Waals surface area contributed by atoms with E-state index < -0.39 is 7.12 Å². The number of hydrogen-bond donors (Lipinski definition) is 0. The van der Waals surface area contributed by atoms with Crippen molar-refractivity contribution >= 4 is 12.6 Å². The second-order valence-electron chi connectivity index (χ2n) is 7.46. The number of halogens is 1. The summed E-state index contributed by atoms with van der Waals surface area (Å²) >= 11 is 0. The summed E-state index contributed by atoms with van der Waals surface area (Å²) in [7, 11) is -0.434. The Morgan fingerprint density at radius 2 is 1.75 bits per heavy atom. The molecule has 0 saturated carbocycles. The average Bonchev–Trinajstić information content (AvgIpc) is 2.83.